The van der Waals surface area contributed by atoms with Crippen molar-refractivity contribution in [2.24, 2.45) is 0 Å². The zero-order valence-corrected chi connectivity index (χ0v) is 13.6. The zero-order chi connectivity index (χ0) is 17.2. The molecule has 0 aliphatic carbocycles. The molecule has 2 N–H and O–H groups in total. The van der Waals surface area contributed by atoms with Crippen molar-refractivity contribution >= 4 is 16.9 Å². The molecule has 6 nitrogen and oxygen atoms in total. The van der Waals surface area contributed by atoms with Crippen molar-refractivity contribution in [2.45, 2.75) is 13.0 Å². The number of fused-ring (bicyclic) bond motifs is 1. The topological polar surface area (TPSA) is 83.8 Å². The SMILES string of the molecule is CC(NC(=O)c1cc(-c2ccccc2)on1)c1nc2ccccc2[nH]1. The van der Waals surface area contributed by atoms with E-state index in [1.54, 1.807) is 6.07 Å². The van der Waals surface area contributed by atoms with Crippen LogP contribution in [0.3, 0.4) is 0 Å². The van der Waals surface area contributed by atoms with Gasteiger partial charge < -0.3 is 14.8 Å². The van der Waals surface area contributed by atoms with Gasteiger partial charge in [0.05, 0.1) is 17.1 Å². The molecule has 1 atom stereocenters. The van der Waals surface area contributed by atoms with Gasteiger partial charge in [-0.15, -0.1) is 0 Å². The van der Waals surface area contributed by atoms with Crippen LogP contribution in [0.1, 0.15) is 29.3 Å². The van der Waals surface area contributed by atoms with Gasteiger partial charge in [-0.1, -0.05) is 47.6 Å². The number of hydrogen-bond acceptors (Lipinski definition) is 4. The second-order valence-electron chi connectivity index (χ2n) is 5.78. The minimum Gasteiger partial charge on any atom is -0.355 e. The van der Waals surface area contributed by atoms with Crippen molar-refractivity contribution in [1.82, 2.24) is 20.4 Å². The number of amides is 1. The van der Waals surface area contributed by atoms with Gasteiger partial charge >= 0.3 is 0 Å². The van der Waals surface area contributed by atoms with Crippen molar-refractivity contribution in [3.8, 4) is 11.3 Å². The first-order valence-electron chi connectivity index (χ1n) is 7.98. The number of aromatic nitrogens is 3. The maximum Gasteiger partial charge on any atom is 0.274 e. The summed E-state index contributed by atoms with van der Waals surface area (Å²) in [6, 6.07) is 18.6. The Morgan fingerprint density at radius 1 is 1.12 bits per heavy atom. The molecular formula is C19H16N4O2. The number of para-hydroxylation sites is 2. The van der Waals surface area contributed by atoms with Crippen LogP contribution in [-0.4, -0.2) is 21.0 Å². The van der Waals surface area contributed by atoms with E-state index in [1.165, 1.54) is 0 Å². The smallest absolute Gasteiger partial charge is 0.274 e. The molecule has 0 bridgehead atoms. The number of H-pyrrole nitrogens is 1. The standard InChI is InChI=1S/C19H16N4O2/c1-12(18-21-14-9-5-6-10-15(14)22-18)20-19(24)16-11-17(25-23-16)13-7-3-2-4-8-13/h2-12H,1H3,(H,20,24)(H,21,22). The highest BCUT2D eigenvalue weighted by molar-refractivity contribution is 5.93. The maximum absolute atomic E-state index is 12.4. The highest BCUT2D eigenvalue weighted by Gasteiger charge is 2.18. The summed E-state index contributed by atoms with van der Waals surface area (Å²) in [4.78, 5) is 20.1. The van der Waals surface area contributed by atoms with Crippen molar-refractivity contribution in [1.29, 1.82) is 0 Å². The number of carbonyl (C=O) groups is 1. The van der Waals surface area contributed by atoms with E-state index in [-0.39, 0.29) is 17.6 Å². The molecule has 1 unspecified atom stereocenters. The van der Waals surface area contributed by atoms with Gasteiger partial charge in [0.1, 0.15) is 5.82 Å². The molecule has 0 saturated heterocycles. The van der Waals surface area contributed by atoms with Gasteiger partial charge in [-0.05, 0) is 19.1 Å². The van der Waals surface area contributed by atoms with Crippen molar-refractivity contribution in [2.75, 3.05) is 0 Å². The maximum atomic E-state index is 12.4. The first-order valence-corrected chi connectivity index (χ1v) is 7.98. The fourth-order valence-corrected chi connectivity index (χ4v) is 2.64. The van der Waals surface area contributed by atoms with Crippen LogP contribution in [0.2, 0.25) is 0 Å². The van der Waals surface area contributed by atoms with E-state index in [0.717, 1.165) is 16.6 Å². The number of hydrogen-bond donors (Lipinski definition) is 2. The monoisotopic (exact) mass is 332 g/mol. The first-order chi connectivity index (χ1) is 12.2. The Morgan fingerprint density at radius 2 is 1.88 bits per heavy atom. The fraction of sp³-hybridized carbons (Fsp3) is 0.105. The quantitative estimate of drug-likeness (QED) is 0.597. The lowest BCUT2D eigenvalue weighted by molar-refractivity contribution is 0.0929. The summed E-state index contributed by atoms with van der Waals surface area (Å²) in [5.41, 5.74) is 2.92. The van der Waals surface area contributed by atoms with Crippen molar-refractivity contribution in [3.05, 3.63) is 72.2 Å². The van der Waals surface area contributed by atoms with Crippen LogP contribution in [0.15, 0.2) is 65.2 Å². The van der Waals surface area contributed by atoms with Gasteiger partial charge in [-0.3, -0.25) is 4.79 Å². The molecular weight excluding hydrogens is 316 g/mol. The van der Waals surface area contributed by atoms with E-state index in [9.17, 15) is 4.79 Å². The lowest BCUT2D eigenvalue weighted by Gasteiger charge is -2.09. The molecule has 124 valence electrons. The molecule has 0 fully saturated rings. The molecule has 2 aromatic heterocycles. The molecule has 2 heterocycles. The van der Waals surface area contributed by atoms with Gasteiger partial charge in [0.2, 0.25) is 0 Å². The summed E-state index contributed by atoms with van der Waals surface area (Å²) < 4.78 is 5.27. The summed E-state index contributed by atoms with van der Waals surface area (Å²) in [5, 5.41) is 6.75. The molecule has 4 rings (SSSR count). The number of carbonyl (C=O) groups excluding carboxylic acids is 1. The molecule has 0 aliphatic rings. The third-order valence-electron chi connectivity index (χ3n) is 3.97. The largest absolute Gasteiger partial charge is 0.355 e. The van der Waals surface area contributed by atoms with Crippen molar-refractivity contribution in [3.63, 3.8) is 0 Å². The fourth-order valence-electron chi connectivity index (χ4n) is 2.64. The molecule has 6 heteroatoms. The molecule has 0 saturated carbocycles. The highest BCUT2D eigenvalue weighted by Crippen LogP contribution is 2.20. The van der Waals surface area contributed by atoms with Crippen LogP contribution < -0.4 is 5.32 Å². The molecule has 2 aromatic carbocycles. The molecule has 0 aliphatic heterocycles. The Balaban J connectivity index is 1.51. The average Bonchev–Trinajstić information content (AvgIpc) is 3.29. The van der Waals surface area contributed by atoms with Gasteiger partial charge in [0, 0.05) is 11.6 Å². The number of nitrogens with zero attached hydrogens (tertiary/aromatic N) is 2. The van der Waals surface area contributed by atoms with Gasteiger partial charge in [0.15, 0.2) is 11.5 Å². The Kier molecular flexibility index (Phi) is 3.78. The Labute approximate surface area is 143 Å². The first kappa shape index (κ1) is 15.1. The summed E-state index contributed by atoms with van der Waals surface area (Å²) in [7, 11) is 0. The highest BCUT2D eigenvalue weighted by atomic mass is 16.5. The Hall–Kier alpha value is -3.41. The zero-order valence-electron chi connectivity index (χ0n) is 13.6. The lowest BCUT2D eigenvalue weighted by Crippen LogP contribution is -2.27. The van der Waals surface area contributed by atoms with Crippen LogP contribution in [0.4, 0.5) is 0 Å². The lowest BCUT2D eigenvalue weighted by atomic mass is 10.1. The number of rotatable bonds is 4. The van der Waals surface area contributed by atoms with Crippen LogP contribution >= 0.6 is 0 Å². The molecule has 25 heavy (non-hydrogen) atoms. The predicted octanol–water partition coefficient (Wildman–Crippen LogP) is 3.71. The average molecular weight is 332 g/mol. The minimum absolute atomic E-state index is 0.238. The Morgan fingerprint density at radius 3 is 2.68 bits per heavy atom. The summed E-state index contributed by atoms with van der Waals surface area (Å²) in [6.45, 7) is 1.87. The normalized spacial score (nSPS) is 12.2. The van der Waals surface area contributed by atoms with Gasteiger partial charge in [0.25, 0.3) is 5.91 Å². The van der Waals surface area contributed by atoms with Gasteiger partial charge in [-0.25, -0.2) is 4.98 Å². The van der Waals surface area contributed by atoms with Gasteiger partial charge in [-0.2, -0.15) is 0 Å². The number of aromatic amines is 1. The van der Waals surface area contributed by atoms with E-state index >= 15 is 0 Å². The van der Waals surface area contributed by atoms with Crippen LogP contribution in [0.25, 0.3) is 22.4 Å². The van der Waals surface area contributed by atoms with Crippen molar-refractivity contribution < 1.29 is 9.32 Å². The van der Waals surface area contributed by atoms with Crippen LogP contribution in [0.5, 0.6) is 0 Å². The molecule has 0 spiro atoms. The van der Waals surface area contributed by atoms with Crippen LogP contribution in [-0.2, 0) is 0 Å². The van der Waals surface area contributed by atoms with E-state index in [0.29, 0.717) is 11.6 Å². The summed E-state index contributed by atoms with van der Waals surface area (Å²) in [6.07, 6.45) is 0. The second-order valence-corrected chi connectivity index (χ2v) is 5.78. The van der Waals surface area contributed by atoms with E-state index < -0.39 is 0 Å². The second kappa shape index (κ2) is 6.24. The van der Waals surface area contributed by atoms with E-state index in [4.69, 9.17) is 4.52 Å². The molecule has 4 aromatic rings. The molecule has 1 amide bonds. The minimum atomic E-state index is -0.307. The van der Waals surface area contributed by atoms with E-state index in [1.807, 2.05) is 61.5 Å². The number of nitrogens with one attached hydrogen (secondary N) is 2. The summed E-state index contributed by atoms with van der Waals surface area (Å²) >= 11 is 0. The van der Waals surface area contributed by atoms with Crippen LogP contribution in [0, 0.1) is 0 Å². The summed E-state index contributed by atoms with van der Waals surface area (Å²) in [5.74, 6) is 0.947. The number of imidazole rings is 1. The molecule has 0 radical (unpaired) electrons. The Bertz CT molecular complexity index is 987. The predicted molar refractivity (Wildman–Crippen MR) is 93.9 cm³/mol. The number of benzene rings is 2. The van der Waals surface area contributed by atoms with E-state index in [2.05, 4.69) is 20.4 Å². The third-order valence-corrected chi connectivity index (χ3v) is 3.97. The third kappa shape index (κ3) is 3.01.